The van der Waals surface area contributed by atoms with Crippen LogP contribution in [-0.2, 0) is 11.2 Å². The molecule has 1 saturated heterocycles. The summed E-state index contributed by atoms with van der Waals surface area (Å²) in [5.41, 5.74) is 0.508. The molecule has 0 radical (unpaired) electrons. The molecule has 1 fully saturated rings. The zero-order chi connectivity index (χ0) is 33.2. The minimum absolute atomic E-state index is 0.0468. The van der Waals surface area contributed by atoms with Gasteiger partial charge in [-0.15, -0.1) is 0 Å². The number of nitrogens with one attached hydrogen (secondary N) is 1. The van der Waals surface area contributed by atoms with E-state index >= 15 is 8.78 Å². The van der Waals surface area contributed by atoms with E-state index < -0.39 is 28.9 Å². The van der Waals surface area contributed by atoms with Crippen molar-refractivity contribution >= 4 is 22.5 Å². The first-order chi connectivity index (χ1) is 23.3. The van der Waals surface area contributed by atoms with E-state index in [1.165, 1.54) is 65.4 Å². The maximum Gasteiger partial charge on any atom is 0.271 e. The number of amides is 1. The molecule has 13 heteroatoms. The van der Waals surface area contributed by atoms with Gasteiger partial charge in [0.05, 0.1) is 25.3 Å². The maximum atomic E-state index is 15.3. The third-order valence-electron chi connectivity index (χ3n) is 8.12. The highest BCUT2D eigenvalue weighted by Gasteiger charge is 2.27. The number of nitrogens with zero attached hydrogens (tertiary/aromatic N) is 3. The predicted octanol–water partition coefficient (Wildman–Crippen LogP) is 5.49. The third-order valence-corrected chi connectivity index (χ3v) is 8.12. The molecule has 10 nitrogen and oxygen atoms in total. The fourth-order valence-electron chi connectivity index (χ4n) is 5.66. The zero-order valence-corrected chi connectivity index (χ0v) is 25.5. The number of anilines is 1. The first-order valence-corrected chi connectivity index (χ1v) is 15.3. The van der Waals surface area contributed by atoms with Gasteiger partial charge in [-0.1, -0.05) is 0 Å². The van der Waals surface area contributed by atoms with Gasteiger partial charge < -0.3 is 24.3 Å². The molecule has 4 heterocycles. The Hall–Kier alpha value is -5.40. The summed E-state index contributed by atoms with van der Waals surface area (Å²) in [6, 6.07) is 13.2. The molecule has 0 saturated carbocycles. The summed E-state index contributed by atoms with van der Waals surface area (Å²) in [5, 5.41) is 2.87. The molecule has 0 aliphatic carbocycles. The summed E-state index contributed by atoms with van der Waals surface area (Å²) >= 11 is 0. The second kappa shape index (κ2) is 13.4. The van der Waals surface area contributed by atoms with Gasteiger partial charge >= 0.3 is 0 Å². The van der Waals surface area contributed by atoms with E-state index in [1.54, 1.807) is 6.20 Å². The highest BCUT2D eigenvalue weighted by atomic mass is 19.1. The Morgan fingerprint density at radius 2 is 1.71 bits per heavy atom. The fraction of sp³-hybridized carbons (Fsp3) is 0.229. The van der Waals surface area contributed by atoms with Gasteiger partial charge in [-0.2, -0.15) is 0 Å². The second-order valence-corrected chi connectivity index (χ2v) is 11.2. The van der Waals surface area contributed by atoms with Crippen LogP contribution in [-0.4, -0.2) is 66.4 Å². The molecular formula is C35H29F3N4O6. The monoisotopic (exact) mass is 658 g/mol. The average molecular weight is 659 g/mol. The molecular weight excluding hydrogens is 629 g/mol. The summed E-state index contributed by atoms with van der Waals surface area (Å²) in [6.45, 7) is 4.09. The Kier molecular flexibility index (Phi) is 8.70. The number of morpholine rings is 1. The van der Waals surface area contributed by atoms with E-state index in [-0.39, 0.29) is 47.5 Å². The summed E-state index contributed by atoms with van der Waals surface area (Å²) in [6.07, 6.45) is 3.49. The topological polar surface area (TPSA) is 104 Å². The van der Waals surface area contributed by atoms with E-state index in [2.05, 4.69) is 15.2 Å². The van der Waals surface area contributed by atoms with Crippen molar-refractivity contribution in [2.75, 3.05) is 51.4 Å². The number of carbonyl (C=O) groups excluding carboxylic acids is 1. The van der Waals surface area contributed by atoms with Gasteiger partial charge in [-0.05, 0) is 48.5 Å². The van der Waals surface area contributed by atoms with Crippen molar-refractivity contribution in [3.63, 3.8) is 0 Å². The Morgan fingerprint density at radius 1 is 0.917 bits per heavy atom. The SMILES string of the molecule is O=C(Nc1ccc(Oc2ccnc3cc(OCCN4CCOCC4)c(F)cc23)c(F)c1)c1c2c(cn(-c3ccc(F)cc3)c1=O)CCO2. The minimum atomic E-state index is -0.820. The Labute approximate surface area is 272 Å². The molecule has 0 bridgehead atoms. The number of rotatable bonds is 9. The van der Waals surface area contributed by atoms with Crippen LogP contribution in [0.5, 0.6) is 23.0 Å². The van der Waals surface area contributed by atoms with Gasteiger partial charge in [-0.25, -0.2) is 13.2 Å². The van der Waals surface area contributed by atoms with Crippen molar-refractivity contribution in [3.8, 4) is 28.7 Å². The van der Waals surface area contributed by atoms with Crippen LogP contribution in [0.25, 0.3) is 16.6 Å². The van der Waals surface area contributed by atoms with Crippen molar-refractivity contribution in [2.24, 2.45) is 0 Å². The minimum Gasteiger partial charge on any atom is -0.492 e. The molecule has 5 aromatic rings. The Morgan fingerprint density at radius 3 is 2.50 bits per heavy atom. The zero-order valence-electron chi connectivity index (χ0n) is 25.5. The van der Waals surface area contributed by atoms with E-state index in [4.69, 9.17) is 18.9 Å². The summed E-state index contributed by atoms with van der Waals surface area (Å²) in [5.74, 6) is -2.54. The summed E-state index contributed by atoms with van der Waals surface area (Å²) in [7, 11) is 0. The molecule has 1 N–H and O–H groups in total. The van der Waals surface area contributed by atoms with Crippen LogP contribution in [0, 0.1) is 17.5 Å². The number of fused-ring (bicyclic) bond motifs is 2. The van der Waals surface area contributed by atoms with E-state index in [9.17, 15) is 14.0 Å². The second-order valence-electron chi connectivity index (χ2n) is 11.2. The van der Waals surface area contributed by atoms with Crippen molar-refractivity contribution in [1.29, 1.82) is 0 Å². The Balaban J connectivity index is 1.08. The molecule has 2 aromatic heterocycles. The van der Waals surface area contributed by atoms with Crippen LogP contribution in [0.1, 0.15) is 15.9 Å². The number of aromatic nitrogens is 2. The maximum absolute atomic E-state index is 15.3. The number of hydrogen-bond donors (Lipinski definition) is 1. The molecule has 0 atom stereocenters. The van der Waals surface area contributed by atoms with Crippen LogP contribution < -0.4 is 25.1 Å². The number of carbonyl (C=O) groups is 1. The van der Waals surface area contributed by atoms with E-state index in [1.807, 2.05) is 0 Å². The predicted molar refractivity (Wildman–Crippen MR) is 170 cm³/mol. The van der Waals surface area contributed by atoms with Crippen molar-refractivity contribution in [2.45, 2.75) is 6.42 Å². The number of ether oxygens (including phenoxy) is 4. The molecule has 3 aromatic carbocycles. The lowest BCUT2D eigenvalue weighted by atomic mass is 10.1. The molecule has 0 spiro atoms. The fourth-order valence-corrected chi connectivity index (χ4v) is 5.66. The van der Waals surface area contributed by atoms with Gasteiger partial charge in [0.1, 0.15) is 29.5 Å². The molecule has 1 amide bonds. The van der Waals surface area contributed by atoms with Crippen LogP contribution in [0.3, 0.4) is 0 Å². The summed E-state index contributed by atoms with van der Waals surface area (Å²) < 4.78 is 67.6. The highest BCUT2D eigenvalue weighted by molar-refractivity contribution is 6.06. The average Bonchev–Trinajstić information content (AvgIpc) is 3.55. The normalized spacial score (nSPS) is 14.4. The first-order valence-electron chi connectivity index (χ1n) is 15.3. The number of hydrogen-bond acceptors (Lipinski definition) is 8. The van der Waals surface area contributed by atoms with Crippen LogP contribution in [0.2, 0.25) is 0 Å². The van der Waals surface area contributed by atoms with Gasteiger partial charge in [0.15, 0.2) is 23.1 Å². The van der Waals surface area contributed by atoms with E-state index in [0.717, 1.165) is 19.2 Å². The van der Waals surface area contributed by atoms with Crippen molar-refractivity contribution in [3.05, 3.63) is 112 Å². The molecule has 0 unspecified atom stereocenters. The molecule has 246 valence electrons. The van der Waals surface area contributed by atoms with Gasteiger partial charge in [0, 0.05) is 72.9 Å². The lowest BCUT2D eigenvalue weighted by molar-refractivity contribution is 0.0320. The Bertz CT molecular complexity index is 2070. The summed E-state index contributed by atoms with van der Waals surface area (Å²) in [4.78, 5) is 33.3. The van der Waals surface area contributed by atoms with Crippen LogP contribution in [0.4, 0.5) is 18.9 Å². The first kappa shape index (κ1) is 31.2. The highest BCUT2D eigenvalue weighted by Crippen LogP contribution is 2.35. The lowest BCUT2D eigenvalue weighted by Gasteiger charge is -2.26. The number of halogens is 3. The smallest absolute Gasteiger partial charge is 0.271 e. The number of pyridine rings is 2. The molecule has 2 aliphatic rings. The lowest BCUT2D eigenvalue weighted by Crippen LogP contribution is -2.38. The van der Waals surface area contributed by atoms with E-state index in [0.29, 0.717) is 48.3 Å². The largest absolute Gasteiger partial charge is 0.492 e. The van der Waals surface area contributed by atoms with Crippen molar-refractivity contribution < 1.29 is 36.9 Å². The van der Waals surface area contributed by atoms with Gasteiger partial charge in [0.25, 0.3) is 11.5 Å². The molecule has 7 rings (SSSR count). The standard InChI is InChI=1S/C35H29F3N4O6/c36-22-1-4-24(5-2-22)42-20-21-8-13-47-33(21)32(35(42)44)34(43)40-23-3-6-30(26(37)17-23)48-29-7-9-39-28-19-31(27(38)18-25(28)29)46-16-12-41-10-14-45-15-11-41/h1-7,9,17-20H,8,10-16H2,(H,40,43). The third kappa shape index (κ3) is 6.42. The van der Waals surface area contributed by atoms with Gasteiger partial charge in [0.2, 0.25) is 0 Å². The van der Waals surface area contributed by atoms with Crippen LogP contribution in [0.15, 0.2) is 77.9 Å². The van der Waals surface area contributed by atoms with Gasteiger partial charge in [-0.3, -0.25) is 24.0 Å². The quantitative estimate of drug-likeness (QED) is 0.222. The molecule has 2 aliphatic heterocycles. The van der Waals surface area contributed by atoms with Crippen molar-refractivity contribution in [1.82, 2.24) is 14.5 Å². The number of benzene rings is 3. The van der Waals surface area contributed by atoms with Crippen LogP contribution >= 0.6 is 0 Å². The molecule has 48 heavy (non-hydrogen) atoms.